The van der Waals surface area contributed by atoms with Gasteiger partial charge in [-0.1, -0.05) is 46.8 Å². The van der Waals surface area contributed by atoms with E-state index >= 15 is 0 Å². The molecule has 1 heterocycles. The van der Waals surface area contributed by atoms with E-state index in [1.54, 1.807) is 24.5 Å². The van der Waals surface area contributed by atoms with Gasteiger partial charge in [0.1, 0.15) is 6.10 Å². The van der Waals surface area contributed by atoms with Crippen molar-refractivity contribution in [1.82, 2.24) is 4.98 Å². The minimum absolute atomic E-state index is 0.106. The van der Waals surface area contributed by atoms with Crippen LogP contribution >= 0.6 is 0 Å². The van der Waals surface area contributed by atoms with Gasteiger partial charge in [0.25, 0.3) is 0 Å². The smallest absolute Gasteiger partial charge is 0.339 e. The SMILES string of the molecule is C=C(C)[C@@H]1CC[C@]2(C(=O)O)CC[C@]3(C)[C@H](CC[C@@H]4[C@@]5(C)CC[C@H](OC(=O)c6cccnc6)C(C)(C)[C@@H]5CC[C@]43C)[C@@H]12. The molecule has 5 heteroatoms. The van der Waals surface area contributed by atoms with Gasteiger partial charge in [0.15, 0.2) is 0 Å². The fraction of sp³-hybridized carbons (Fsp3) is 0.750. The van der Waals surface area contributed by atoms with Crippen LogP contribution < -0.4 is 0 Å². The van der Waals surface area contributed by atoms with Gasteiger partial charge in [0.2, 0.25) is 0 Å². The number of carbonyl (C=O) groups excluding carboxylic acids is 1. The molecule has 1 aromatic heterocycles. The van der Waals surface area contributed by atoms with E-state index in [0.717, 1.165) is 51.4 Å². The van der Waals surface area contributed by atoms with E-state index in [1.807, 2.05) is 0 Å². The molecule has 0 spiro atoms. The predicted octanol–water partition coefficient (Wildman–Crippen LogP) is 8.35. The van der Waals surface area contributed by atoms with Crippen LogP contribution in [0.2, 0.25) is 0 Å². The van der Waals surface area contributed by atoms with Crippen LogP contribution in [0.3, 0.4) is 0 Å². The first kappa shape index (κ1) is 28.9. The Kier molecular flexibility index (Phi) is 6.64. The molecule has 1 aromatic rings. The van der Waals surface area contributed by atoms with Crippen LogP contribution in [-0.2, 0) is 9.53 Å². The van der Waals surface area contributed by atoms with Crippen LogP contribution in [0.25, 0.3) is 0 Å². The Hall–Kier alpha value is -2.17. The highest BCUT2D eigenvalue weighted by atomic mass is 16.5. The van der Waals surface area contributed by atoms with Gasteiger partial charge in [-0.05, 0) is 129 Å². The van der Waals surface area contributed by atoms with Crippen LogP contribution in [0.1, 0.15) is 116 Å². The molecule has 41 heavy (non-hydrogen) atoms. The molecule has 5 fully saturated rings. The van der Waals surface area contributed by atoms with Gasteiger partial charge in [0, 0.05) is 17.8 Å². The van der Waals surface area contributed by atoms with Gasteiger partial charge in [-0.15, -0.1) is 0 Å². The Morgan fingerprint density at radius 1 is 0.927 bits per heavy atom. The van der Waals surface area contributed by atoms with E-state index in [2.05, 4.69) is 53.1 Å². The summed E-state index contributed by atoms with van der Waals surface area (Å²) >= 11 is 0. The maximum absolute atomic E-state index is 13.0. The average Bonchev–Trinajstić information content (AvgIpc) is 3.33. The maximum Gasteiger partial charge on any atom is 0.339 e. The number of aromatic nitrogens is 1. The second-order valence-corrected chi connectivity index (χ2v) is 16.1. The number of aliphatic carboxylic acids is 1. The topological polar surface area (TPSA) is 76.5 Å². The molecule has 0 unspecified atom stereocenters. The fourth-order valence-corrected chi connectivity index (χ4v) is 12.4. The first-order valence-electron chi connectivity index (χ1n) is 16.2. The number of hydrogen-bond donors (Lipinski definition) is 1. The number of carboxylic acid groups (broad SMARTS) is 1. The second-order valence-electron chi connectivity index (χ2n) is 16.1. The number of nitrogens with zero attached hydrogens (tertiary/aromatic N) is 1. The summed E-state index contributed by atoms with van der Waals surface area (Å²) < 4.78 is 6.23. The van der Waals surface area contributed by atoms with Crippen molar-refractivity contribution >= 4 is 11.9 Å². The molecule has 10 atom stereocenters. The number of pyridine rings is 1. The van der Waals surface area contributed by atoms with Crippen LogP contribution in [0.4, 0.5) is 0 Å². The number of hydrogen-bond acceptors (Lipinski definition) is 4. The summed E-state index contributed by atoms with van der Waals surface area (Å²) in [5.41, 5.74) is 1.48. The van der Waals surface area contributed by atoms with E-state index in [0.29, 0.717) is 29.2 Å². The van der Waals surface area contributed by atoms with Gasteiger partial charge in [0.05, 0.1) is 11.0 Å². The van der Waals surface area contributed by atoms with Crippen molar-refractivity contribution < 1.29 is 19.4 Å². The number of fused-ring (bicyclic) bond motifs is 7. The summed E-state index contributed by atoms with van der Waals surface area (Å²) in [6.07, 6.45) is 13.4. The van der Waals surface area contributed by atoms with Gasteiger partial charge in [-0.25, -0.2) is 4.79 Å². The average molecular weight is 562 g/mol. The third kappa shape index (κ3) is 3.81. The highest BCUT2D eigenvalue weighted by Gasteiger charge is 2.72. The molecular weight excluding hydrogens is 510 g/mol. The Balaban J connectivity index is 1.30. The predicted molar refractivity (Wildman–Crippen MR) is 160 cm³/mol. The molecule has 5 aliphatic carbocycles. The lowest BCUT2D eigenvalue weighted by Crippen LogP contribution is -2.67. The molecular formula is C36H51NO4. The Morgan fingerprint density at radius 3 is 2.34 bits per heavy atom. The first-order valence-corrected chi connectivity index (χ1v) is 16.2. The van der Waals surface area contributed by atoms with Crippen molar-refractivity contribution in [2.24, 2.45) is 56.7 Å². The molecule has 0 saturated heterocycles. The van der Waals surface area contributed by atoms with Crippen LogP contribution in [0, 0.1) is 56.7 Å². The van der Waals surface area contributed by atoms with Crippen LogP contribution in [0.15, 0.2) is 36.7 Å². The summed E-state index contributed by atoms with van der Waals surface area (Å²) in [6.45, 7) is 18.9. The molecule has 5 saturated carbocycles. The molecule has 0 radical (unpaired) electrons. The van der Waals surface area contributed by atoms with E-state index in [4.69, 9.17) is 4.74 Å². The zero-order valence-electron chi connectivity index (χ0n) is 26.2. The Labute approximate surface area is 246 Å². The normalized spacial score (nSPS) is 46.3. The lowest BCUT2D eigenvalue weighted by Gasteiger charge is -2.72. The standard InChI is InChI=1S/C36H51NO4/c1-22(2)24-12-17-36(31(39)40)19-18-34(6)25(29(24)36)10-11-27-33(5)15-14-28(41-30(38)23-9-8-20-37-21-23)32(3,4)26(33)13-16-35(27,34)7/h8-9,20-21,24-29H,1,10-19H2,2-7H3,(H,39,40)/t24-,25+,26-,27+,28-,29+,33-,34+,35+,36-/m0/s1. The molecule has 0 bridgehead atoms. The molecule has 5 nitrogen and oxygen atoms in total. The second kappa shape index (κ2) is 9.41. The van der Waals surface area contributed by atoms with E-state index in [-0.39, 0.29) is 39.7 Å². The Bertz CT molecular complexity index is 1240. The van der Waals surface area contributed by atoms with Crippen molar-refractivity contribution in [2.45, 2.75) is 112 Å². The van der Waals surface area contributed by atoms with E-state index in [9.17, 15) is 14.7 Å². The summed E-state index contributed by atoms with van der Waals surface area (Å²) in [4.78, 5) is 30.1. The highest BCUT2D eigenvalue weighted by Crippen LogP contribution is 2.77. The number of ether oxygens (including phenoxy) is 1. The quantitative estimate of drug-likeness (QED) is 0.295. The van der Waals surface area contributed by atoms with Crippen molar-refractivity contribution in [1.29, 1.82) is 0 Å². The summed E-state index contributed by atoms with van der Waals surface area (Å²) in [5.74, 6) is 1.21. The van der Waals surface area contributed by atoms with Crippen LogP contribution in [0.5, 0.6) is 0 Å². The number of carboxylic acids is 1. The first-order chi connectivity index (χ1) is 19.2. The molecule has 1 N–H and O–H groups in total. The molecule has 0 aromatic carbocycles. The Morgan fingerprint density at radius 2 is 1.68 bits per heavy atom. The van der Waals surface area contributed by atoms with E-state index in [1.165, 1.54) is 18.4 Å². The molecule has 6 rings (SSSR count). The van der Waals surface area contributed by atoms with Gasteiger partial charge in [-0.2, -0.15) is 0 Å². The highest BCUT2D eigenvalue weighted by molar-refractivity contribution is 5.89. The third-order valence-electron chi connectivity index (χ3n) is 14.6. The largest absolute Gasteiger partial charge is 0.481 e. The summed E-state index contributed by atoms with van der Waals surface area (Å²) in [6, 6.07) is 3.57. The number of esters is 1. The minimum atomic E-state index is -0.573. The van der Waals surface area contributed by atoms with Gasteiger partial charge < -0.3 is 9.84 Å². The van der Waals surface area contributed by atoms with Crippen molar-refractivity contribution in [3.63, 3.8) is 0 Å². The van der Waals surface area contributed by atoms with Gasteiger partial charge >= 0.3 is 11.9 Å². The van der Waals surface area contributed by atoms with Crippen molar-refractivity contribution in [2.75, 3.05) is 0 Å². The zero-order chi connectivity index (χ0) is 29.6. The number of rotatable bonds is 4. The lowest BCUT2D eigenvalue weighted by molar-refractivity contribution is -0.248. The summed E-state index contributed by atoms with van der Waals surface area (Å²) in [5, 5.41) is 10.6. The minimum Gasteiger partial charge on any atom is -0.481 e. The molecule has 0 aliphatic heterocycles. The monoisotopic (exact) mass is 561 g/mol. The maximum atomic E-state index is 13.0. The number of carbonyl (C=O) groups is 2. The van der Waals surface area contributed by atoms with E-state index < -0.39 is 11.4 Å². The van der Waals surface area contributed by atoms with Crippen molar-refractivity contribution in [3.05, 3.63) is 42.2 Å². The zero-order valence-corrected chi connectivity index (χ0v) is 26.2. The fourth-order valence-electron chi connectivity index (χ4n) is 12.4. The lowest BCUT2D eigenvalue weighted by atomic mass is 9.32. The third-order valence-corrected chi connectivity index (χ3v) is 14.6. The summed E-state index contributed by atoms with van der Waals surface area (Å²) in [7, 11) is 0. The molecule has 0 amide bonds. The van der Waals surface area contributed by atoms with Crippen LogP contribution in [-0.4, -0.2) is 28.1 Å². The molecule has 5 aliphatic rings. The molecule has 224 valence electrons. The van der Waals surface area contributed by atoms with Crippen molar-refractivity contribution in [3.8, 4) is 0 Å². The number of allylic oxidation sites excluding steroid dienone is 1. The van der Waals surface area contributed by atoms with Gasteiger partial charge in [-0.3, -0.25) is 9.78 Å².